The average molecular weight is 278 g/mol. The lowest BCUT2D eigenvalue weighted by Crippen LogP contribution is -2.36. The maximum absolute atomic E-state index is 10.6. The van der Waals surface area contributed by atoms with Crippen molar-refractivity contribution in [1.29, 1.82) is 0 Å². The van der Waals surface area contributed by atoms with Gasteiger partial charge in [-0.05, 0) is 19.3 Å². The van der Waals surface area contributed by atoms with Gasteiger partial charge >= 0.3 is 0 Å². The highest BCUT2D eigenvalue weighted by molar-refractivity contribution is 5.44. The largest absolute Gasteiger partial charge is 0.388 e. The molecule has 20 heavy (non-hydrogen) atoms. The molecule has 2 rings (SSSR count). The Hall–Kier alpha value is -1.36. The molecular formula is C15H26N4O. The minimum atomic E-state index is -0.610. The Morgan fingerprint density at radius 3 is 2.60 bits per heavy atom. The molecule has 1 aromatic heterocycles. The fourth-order valence-corrected chi connectivity index (χ4v) is 2.76. The SMILES string of the molecule is CCCc1nc(N)cc(NCC2(O)CCCCCC2)n1. The van der Waals surface area contributed by atoms with Gasteiger partial charge < -0.3 is 16.2 Å². The van der Waals surface area contributed by atoms with Gasteiger partial charge in [-0.25, -0.2) is 9.97 Å². The number of nitrogens with one attached hydrogen (secondary N) is 1. The van der Waals surface area contributed by atoms with Crippen LogP contribution in [0, 0.1) is 0 Å². The number of aryl methyl sites for hydroxylation is 1. The Morgan fingerprint density at radius 2 is 1.95 bits per heavy atom. The van der Waals surface area contributed by atoms with Crippen molar-refractivity contribution < 1.29 is 5.11 Å². The summed E-state index contributed by atoms with van der Waals surface area (Å²) in [5.74, 6) is 1.97. The van der Waals surface area contributed by atoms with E-state index < -0.39 is 5.60 Å². The first-order valence-corrected chi connectivity index (χ1v) is 7.71. The van der Waals surface area contributed by atoms with Gasteiger partial charge in [-0.2, -0.15) is 0 Å². The van der Waals surface area contributed by atoms with Crippen LogP contribution in [-0.2, 0) is 6.42 Å². The summed E-state index contributed by atoms with van der Waals surface area (Å²) in [5, 5.41) is 13.9. The number of anilines is 2. The van der Waals surface area contributed by atoms with Gasteiger partial charge in [0.1, 0.15) is 17.5 Å². The molecule has 4 N–H and O–H groups in total. The Morgan fingerprint density at radius 1 is 1.25 bits per heavy atom. The maximum Gasteiger partial charge on any atom is 0.133 e. The molecule has 0 unspecified atom stereocenters. The smallest absolute Gasteiger partial charge is 0.133 e. The molecule has 0 saturated heterocycles. The molecule has 5 heteroatoms. The van der Waals surface area contributed by atoms with Crippen LogP contribution >= 0.6 is 0 Å². The van der Waals surface area contributed by atoms with Crippen LogP contribution in [0.25, 0.3) is 0 Å². The summed E-state index contributed by atoms with van der Waals surface area (Å²) in [6.07, 6.45) is 8.20. The summed E-state index contributed by atoms with van der Waals surface area (Å²) < 4.78 is 0. The molecule has 1 heterocycles. The lowest BCUT2D eigenvalue weighted by Gasteiger charge is -2.27. The van der Waals surface area contributed by atoms with Crippen molar-refractivity contribution in [3.63, 3.8) is 0 Å². The van der Waals surface area contributed by atoms with Gasteiger partial charge in [-0.1, -0.05) is 32.6 Å². The zero-order valence-electron chi connectivity index (χ0n) is 12.4. The fourth-order valence-electron chi connectivity index (χ4n) is 2.76. The molecule has 1 aromatic rings. The monoisotopic (exact) mass is 278 g/mol. The van der Waals surface area contributed by atoms with Gasteiger partial charge in [0.05, 0.1) is 5.60 Å². The number of hydrogen-bond donors (Lipinski definition) is 3. The minimum absolute atomic E-state index is 0.485. The first kappa shape index (κ1) is 15.0. The quantitative estimate of drug-likeness (QED) is 0.721. The van der Waals surface area contributed by atoms with Crippen LogP contribution in [-0.4, -0.2) is 27.2 Å². The van der Waals surface area contributed by atoms with Gasteiger partial charge in [0.15, 0.2) is 0 Å². The molecule has 0 aromatic carbocycles. The number of nitrogens with zero attached hydrogens (tertiary/aromatic N) is 2. The van der Waals surface area contributed by atoms with E-state index in [-0.39, 0.29) is 0 Å². The third-order valence-corrected chi connectivity index (χ3v) is 3.90. The average Bonchev–Trinajstić information content (AvgIpc) is 2.62. The number of aliphatic hydroxyl groups is 1. The molecule has 0 spiro atoms. The maximum atomic E-state index is 10.6. The number of nitrogen functional groups attached to an aromatic ring is 1. The fraction of sp³-hybridized carbons (Fsp3) is 0.733. The molecule has 1 fully saturated rings. The lowest BCUT2D eigenvalue weighted by molar-refractivity contribution is 0.0380. The minimum Gasteiger partial charge on any atom is -0.388 e. The van der Waals surface area contributed by atoms with Gasteiger partial charge in [-0.3, -0.25) is 0 Å². The van der Waals surface area contributed by atoms with E-state index in [2.05, 4.69) is 22.2 Å². The van der Waals surface area contributed by atoms with Gasteiger partial charge in [0.25, 0.3) is 0 Å². The van der Waals surface area contributed by atoms with Gasteiger partial charge in [-0.15, -0.1) is 0 Å². The number of aromatic nitrogens is 2. The highest BCUT2D eigenvalue weighted by Crippen LogP contribution is 2.27. The van der Waals surface area contributed by atoms with E-state index in [1.807, 2.05) is 0 Å². The predicted molar refractivity (Wildman–Crippen MR) is 81.6 cm³/mol. The van der Waals surface area contributed by atoms with Crippen molar-refractivity contribution >= 4 is 11.6 Å². The molecule has 1 aliphatic rings. The summed E-state index contributed by atoms with van der Waals surface area (Å²) >= 11 is 0. The second kappa shape index (κ2) is 6.88. The molecule has 0 radical (unpaired) electrons. The molecule has 1 aliphatic carbocycles. The van der Waals surface area contributed by atoms with E-state index >= 15 is 0 Å². The van der Waals surface area contributed by atoms with Crippen LogP contribution in [0.3, 0.4) is 0 Å². The zero-order chi connectivity index (χ0) is 14.4. The number of hydrogen-bond acceptors (Lipinski definition) is 5. The van der Waals surface area contributed by atoms with E-state index in [9.17, 15) is 5.11 Å². The van der Waals surface area contributed by atoms with Crippen molar-refractivity contribution in [2.24, 2.45) is 0 Å². The standard InChI is InChI=1S/C15H26N4O/c1-2-7-13-18-12(16)10-14(19-13)17-11-15(20)8-5-3-4-6-9-15/h10,20H,2-9,11H2,1H3,(H3,16,17,18,19). The Kier molecular flexibility index (Phi) is 5.17. The summed E-state index contributed by atoms with van der Waals surface area (Å²) in [4.78, 5) is 8.66. The van der Waals surface area contributed by atoms with E-state index in [0.29, 0.717) is 12.4 Å². The highest BCUT2D eigenvalue weighted by atomic mass is 16.3. The first-order valence-electron chi connectivity index (χ1n) is 7.71. The first-order chi connectivity index (χ1) is 9.61. The van der Waals surface area contributed by atoms with Gasteiger partial charge in [0, 0.05) is 19.0 Å². The van der Waals surface area contributed by atoms with Crippen LogP contribution in [0.15, 0.2) is 6.07 Å². The lowest BCUT2D eigenvalue weighted by atomic mass is 9.94. The van der Waals surface area contributed by atoms with Crippen molar-refractivity contribution in [2.75, 3.05) is 17.6 Å². The third kappa shape index (κ3) is 4.34. The van der Waals surface area contributed by atoms with Crippen molar-refractivity contribution in [1.82, 2.24) is 9.97 Å². The van der Waals surface area contributed by atoms with E-state index in [0.717, 1.165) is 50.2 Å². The summed E-state index contributed by atoms with van der Waals surface area (Å²) in [6.45, 7) is 2.63. The van der Waals surface area contributed by atoms with Crippen LogP contribution in [0.5, 0.6) is 0 Å². The highest BCUT2D eigenvalue weighted by Gasteiger charge is 2.27. The van der Waals surface area contributed by atoms with Gasteiger partial charge in [0.2, 0.25) is 0 Å². The molecular weight excluding hydrogens is 252 g/mol. The summed E-state index contributed by atoms with van der Waals surface area (Å²) in [7, 11) is 0. The second-order valence-corrected chi connectivity index (χ2v) is 5.84. The van der Waals surface area contributed by atoms with Crippen LogP contribution < -0.4 is 11.1 Å². The zero-order valence-corrected chi connectivity index (χ0v) is 12.4. The molecule has 0 atom stereocenters. The predicted octanol–water partition coefficient (Wildman–Crippen LogP) is 2.51. The number of nitrogens with two attached hydrogens (primary N) is 1. The molecule has 0 bridgehead atoms. The van der Waals surface area contributed by atoms with Crippen LogP contribution in [0.4, 0.5) is 11.6 Å². The Bertz CT molecular complexity index is 428. The van der Waals surface area contributed by atoms with Crippen molar-refractivity contribution in [3.8, 4) is 0 Å². The molecule has 0 amide bonds. The Labute approximate surface area is 121 Å². The third-order valence-electron chi connectivity index (χ3n) is 3.90. The Balaban J connectivity index is 1.98. The topological polar surface area (TPSA) is 84.1 Å². The van der Waals surface area contributed by atoms with Crippen molar-refractivity contribution in [2.45, 2.75) is 63.9 Å². The molecule has 1 saturated carbocycles. The van der Waals surface area contributed by atoms with E-state index in [1.54, 1.807) is 6.07 Å². The second-order valence-electron chi connectivity index (χ2n) is 5.84. The summed E-state index contributed by atoms with van der Waals surface area (Å²) in [5.41, 5.74) is 5.19. The van der Waals surface area contributed by atoms with Crippen LogP contribution in [0.2, 0.25) is 0 Å². The molecule has 112 valence electrons. The molecule has 5 nitrogen and oxygen atoms in total. The summed E-state index contributed by atoms with van der Waals surface area (Å²) in [6, 6.07) is 1.74. The van der Waals surface area contributed by atoms with E-state index in [1.165, 1.54) is 12.8 Å². The van der Waals surface area contributed by atoms with Crippen LogP contribution in [0.1, 0.15) is 57.7 Å². The number of rotatable bonds is 5. The molecule has 0 aliphatic heterocycles. The van der Waals surface area contributed by atoms with E-state index in [4.69, 9.17) is 5.73 Å². The van der Waals surface area contributed by atoms with Crippen molar-refractivity contribution in [3.05, 3.63) is 11.9 Å². The normalized spacial score (nSPS) is 18.5.